The fourth-order valence-electron chi connectivity index (χ4n) is 5.51. The molecule has 45 heavy (non-hydrogen) atoms. The molecule has 1 atom stereocenters. The number of amides is 1. The summed E-state index contributed by atoms with van der Waals surface area (Å²) in [7, 11) is 0. The van der Waals surface area contributed by atoms with Crippen LogP contribution >= 0.6 is 0 Å². The first-order valence-electron chi connectivity index (χ1n) is 14.7. The van der Waals surface area contributed by atoms with Crippen molar-refractivity contribution in [3.63, 3.8) is 0 Å². The SMILES string of the molecule is CCN(CC)C(=O)C1CCCN(c2nc(NCc3cccc(C(F)(F)F)c3)c3ncn(Cc4ccc(C(F)(F)F)cc4)c3n2)C1. The molecule has 0 spiro atoms. The summed E-state index contributed by atoms with van der Waals surface area (Å²) in [5, 5.41) is 3.11. The number of alkyl halides is 6. The van der Waals surface area contributed by atoms with E-state index >= 15 is 0 Å². The van der Waals surface area contributed by atoms with E-state index in [2.05, 4.69) is 10.3 Å². The lowest BCUT2D eigenvalue weighted by molar-refractivity contribution is -0.138. The third-order valence-corrected chi connectivity index (χ3v) is 7.93. The Bertz CT molecular complexity index is 1630. The molecule has 4 aromatic rings. The monoisotopic (exact) mass is 633 g/mol. The zero-order valence-electron chi connectivity index (χ0n) is 24.8. The Kier molecular flexibility index (Phi) is 9.21. The van der Waals surface area contributed by atoms with E-state index in [1.807, 2.05) is 18.7 Å². The van der Waals surface area contributed by atoms with Crippen LogP contribution < -0.4 is 10.2 Å². The number of rotatable bonds is 9. The smallest absolute Gasteiger partial charge is 0.364 e. The molecule has 1 amide bonds. The van der Waals surface area contributed by atoms with E-state index in [0.29, 0.717) is 54.4 Å². The van der Waals surface area contributed by atoms with Gasteiger partial charge in [-0.15, -0.1) is 0 Å². The predicted molar refractivity (Wildman–Crippen MR) is 158 cm³/mol. The van der Waals surface area contributed by atoms with Crippen molar-refractivity contribution in [2.24, 2.45) is 5.92 Å². The molecule has 1 unspecified atom stereocenters. The van der Waals surface area contributed by atoms with Crippen molar-refractivity contribution in [2.75, 3.05) is 36.4 Å². The molecule has 1 N–H and O–H groups in total. The van der Waals surface area contributed by atoms with Crippen molar-refractivity contribution in [1.82, 2.24) is 24.4 Å². The Labute approximate surface area is 256 Å². The van der Waals surface area contributed by atoms with Crippen LogP contribution in [-0.4, -0.2) is 56.5 Å². The van der Waals surface area contributed by atoms with Crippen LogP contribution in [0.2, 0.25) is 0 Å². The quantitative estimate of drug-likeness (QED) is 0.209. The average Bonchev–Trinajstić information content (AvgIpc) is 3.42. The molecule has 3 heterocycles. The van der Waals surface area contributed by atoms with Gasteiger partial charge in [0.15, 0.2) is 17.0 Å². The highest BCUT2D eigenvalue weighted by Gasteiger charge is 2.32. The van der Waals surface area contributed by atoms with Crippen LogP contribution in [0.15, 0.2) is 54.9 Å². The van der Waals surface area contributed by atoms with Gasteiger partial charge in [-0.25, -0.2) is 4.98 Å². The fourth-order valence-corrected chi connectivity index (χ4v) is 5.51. The molecule has 0 saturated carbocycles. The van der Waals surface area contributed by atoms with E-state index in [1.54, 1.807) is 15.5 Å². The lowest BCUT2D eigenvalue weighted by Crippen LogP contribution is -2.45. The highest BCUT2D eigenvalue weighted by Crippen LogP contribution is 2.32. The highest BCUT2D eigenvalue weighted by atomic mass is 19.4. The first-order valence-corrected chi connectivity index (χ1v) is 14.7. The number of carbonyl (C=O) groups excluding carboxylic acids is 1. The van der Waals surface area contributed by atoms with Crippen LogP contribution in [0, 0.1) is 5.92 Å². The number of halogens is 6. The molecular formula is C31H33F6N7O. The maximum Gasteiger partial charge on any atom is 0.416 e. The molecule has 2 aromatic carbocycles. The summed E-state index contributed by atoms with van der Waals surface area (Å²) in [5.74, 6) is 0.411. The lowest BCUT2D eigenvalue weighted by atomic mass is 9.96. The standard InChI is InChI=1S/C31H33F6N7O/c1-3-42(4-2)28(45)22-8-6-14-43(18-22)29-40-26(38-16-21-7-5-9-24(15-21)31(35,36)37)25-27(41-29)44(19-39-25)17-20-10-12-23(13-11-20)30(32,33)34/h5,7,9-13,15,19,22H,3-4,6,8,14,16-18H2,1-2H3,(H,38,40,41). The zero-order chi connectivity index (χ0) is 32.4. The fraction of sp³-hybridized carbons (Fsp3) is 0.419. The summed E-state index contributed by atoms with van der Waals surface area (Å²) >= 11 is 0. The second-order valence-corrected chi connectivity index (χ2v) is 11.0. The van der Waals surface area contributed by atoms with Gasteiger partial charge in [0.1, 0.15) is 0 Å². The summed E-state index contributed by atoms with van der Waals surface area (Å²) < 4.78 is 80.8. The number of nitrogens with one attached hydrogen (secondary N) is 1. The summed E-state index contributed by atoms with van der Waals surface area (Å²) in [6.07, 6.45) is -5.99. The van der Waals surface area contributed by atoms with E-state index in [1.165, 1.54) is 24.5 Å². The maximum absolute atomic E-state index is 13.3. The van der Waals surface area contributed by atoms with E-state index in [-0.39, 0.29) is 30.7 Å². The second kappa shape index (κ2) is 12.9. The minimum absolute atomic E-state index is 0.0182. The number of hydrogen-bond acceptors (Lipinski definition) is 6. The Morgan fingerprint density at radius 1 is 0.956 bits per heavy atom. The summed E-state index contributed by atoms with van der Waals surface area (Å²) in [6.45, 7) is 6.22. The van der Waals surface area contributed by atoms with Gasteiger partial charge in [0, 0.05) is 32.7 Å². The number of piperidine rings is 1. The van der Waals surface area contributed by atoms with E-state index in [9.17, 15) is 31.1 Å². The van der Waals surface area contributed by atoms with E-state index < -0.39 is 23.5 Å². The molecule has 1 fully saturated rings. The number of aromatic nitrogens is 4. The third kappa shape index (κ3) is 7.31. The minimum Gasteiger partial charge on any atom is -0.364 e. The van der Waals surface area contributed by atoms with Crippen molar-refractivity contribution in [2.45, 2.75) is 52.1 Å². The number of imidazole rings is 1. The number of benzene rings is 2. The molecule has 1 aliphatic heterocycles. The molecule has 1 saturated heterocycles. The zero-order valence-corrected chi connectivity index (χ0v) is 24.8. The van der Waals surface area contributed by atoms with Gasteiger partial charge < -0.3 is 19.7 Å². The predicted octanol–water partition coefficient (Wildman–Crippen LogP) is 6.61. The topological polar surface area (TPSA) is 79.2 Å². The largest absolute Gasteiger partial charge is 0.416 e. The van der Waals surface area contributed by atoms with Gasteiger partial charge in [0.2, 0.25) is 11.9 Å². The Morgan fingerprint density at radius 2 is 1.67 bits per heavy atom. The molecule has 0 aliphatic carbocycles. The van der Waals surface area contributed by atoms with Crippen LogP contribution in [-0.2, 0) is 30.2 Å². The third-order valence-electron chi connectivity index (χ3n) is 7.93. The van der Waals surface area contributed by atoms with Crippen LogP contribution in [0.25, 0.3) is 11.2 Å². The molecule has 5 rings (SSSR count). The normalized spacial score (nSPS) is 15.8. The van der Waals surface area contributed by atoms with Gasteiger partial charge in [-0.05, 0) is 62.1 Å². The number of fused-ring (bicyclic) bond motifs is 1. The van der Waals surface area contributed by atoms with Crippen molar-refractivity contribution < 1.29 is 31.1 Å². The molecule has 0 radical (unpaired) electrons. The lowest BCUT2D eigenvalue weighted by Gasteiger charge is -2.34. The molecule has 240 valence electrons. The highest BCUT2D eigenvalue weighted by molar-refractivity contribution is 5.85. The molecule has 2 aromatic heterocycles. The van der Waals surface area contributed by atoms with E-state index in [4.69, 9.17) is 9.97 Å². The number of carbonyl (C=O) groups is 1. The maximum atomic E-state index is 13.3. The average molecular weight is 634 g/mol. The molecule has 14 heteroatoms. The van der Waals surface area contributed by atoms with Crippen molar-refractivity contribution >= 4 is 28.8 Å². The van der Waals surface area contributed by atoms with Crippen LogP contribution in [0.5, 0.6) is 0 Å². The summed E-state index contributed by atoms with van der Waals surface area (Å²) in [5.41, 5.74) is 0.183. The van der Waals surface area contributed by atoms with Gasteiger partial charge in [-0.2, -0.15) is 36.3 Å². The van der Waals surface area contributed by atoms with Crippen molar-refractivity contribution in [1.29, 1.82) is 0 Å². The summed E-state index contributed by atoms with van der Waals surface area (Å²) in [4.78, 5) is 30.8. The van der Waals surface area contributed by atoms with Crippen LogP contribution in [0.3, 0.4) is 0 Å². The number of hydrogen-bond donors (Lipinski definition) is 1. The van der Waals surface area contributed by atoms with Crippen molar-refractivity contribution in [3.05, 3.63) is 77.1 Å². The van der Waals surface area contributed by atoms with Gasteiger partial charge in [0.05, 0.1) is 29.9 Å². The minimum atomic E-state index is -4.49. The van der Waals surface area contributed by atoms with Crippen molar-refractivity contribution in [3.8, 4) is 0 Å². The molecular weight excluding hydrogens is 600 g/mol. The van der Waals surface area contributed by atoms with Gasteiger partial charge in [-0.3, -0.25) is 4.79 Å². The van der Waals surface area contributed by atoms with E-state index in [0.717, 1.165) is 37.1 Å². The summed E-state index contributed by atoms with van der Waals surface area (Å²) in [6, 6.07) is 9.76. The van der Waals surface area contributed by atoms with Gasteiger partial charge >= 0.3 is 12.4 Å². The molecule has 8 nitrogen and oxygen atoms in total. The second-order valence-electron chi connectivity index (χ2n) is 11.0. The molecule has 0 bridgehead atoms. The number of nitrogens with zero attached hydrogens (tertiary/aromatic N) is 6. The Hall–Kier alpha value is -4.36. The van der Waals surface area contributed by atoms with Crippen LogP contribution in [0.4, 0.5) is 38.1 Å². The first kappa shape index (κ1) is 32.0. The number of anilines is 2. The van der Waals surface area contributed by atoms with Gasteiger partial charge in [-0.1, -0.05) is 24.3 Å². The Balaban J connectivity index is 1.48. The molecule has 1 aliphatic rings. The Morgan fingerprint density at radius 3 is 2.33 bits per heavy atom. The first-order chi connectivity index (χ1) is 21.4. The van der Waals surface area contributed by atoms with Crippen LogP contribution in [0.1, 0.15) is 48.9 Å². The van der Waals surface area contributed by atoms with Gasteiger partial charge in [0.25, 0.3) is 0 Å².